The maximum atomic E-state index is 11.3. The van der Waals surface area contributed by atoms with Crippen molar-refractivity contribution in [2.45, 2.75) is 24.8 Å². The molecule has 92 valence electrons. The number of aliphatic hydroxyl groups is 1. The Morgan fingerprint density at radius 2 is 2.24 bits per heavy atom. The molecule has 1 aromatic heterocycles. The smallest absolute Gasteiger partial charge is 0.271 e. The van der Waals surface area contributed by atoms with Crippen molar-refractivity contribution in [2.75, 3.05) is 19.0 Å². The Kier molecular flexibility index (Phi) is 3.23. The van der Waals surface area contributed by atoms with Crippen molar-refractivity contribution in [1.82, 2.24) is 15.5 Å². The molecule has 1 amide bonds. The minimum absolute atomic E-state index is 0.0892. The first kappa shape index (κ1) is 11.8. The average Bonchev–Trinajstić information content (AvgIpc) is 2.33. The summed E-state index contributed by atoms with van der Waals surface area (Å²) in [6.45, 7) is 0.0892. The second-order valence-electron chi connectivity index (χ2n) is 4.30. The molecule has 1 aliphatic carbocycles. The van der Waals surface area contributed by atoms with Gasteiger partial charge in [0, 0.05) is 7.05 Å². The molecule has 1 aliphatic rings. The first-order chi connectivity index (χ1) is 8.19. The molecule has 1 fully saturated rings. The quantitative estimate of drug-likeness (QED) is 0.693. The highest BCUT2D eigenvalue weighted by Gasteiger charge is 2.36. The van der Waals surface area contributed by atoms with Crippen molar-refractivity contribution in [3.8, 4) is 0 Å². The van der Waals surface area contributed by atoms with Crippen molar-refractivity contribution in [1.29, 1.82) is 0 Å². The monoisotopic (exact) mass is 236 g/mol. The number of aliphatic hydroxyl groups excluding tert-OH is 1. The van der Waals surface area contributed by atoms with Crippen LogP contribution in [0.4, 0.5) is 5.82 Å². The van der Waals surface area contributed by atoms with E-state index in [1.807, 2.05) is 0 Å². The summed E-state index contributed by atoms with van der Waals surface area (Å²) in [4.78, 5) is 11.3. The Labute approximate surface area is 99.4 Å². The highest BCUT2D eigenvalue weighted by Crippen LogP contribution is 2.34. The molecule has 0 aromatic carbocycles. The molecule has 6 heteroatoms. The maximum absolute atomic E-state index is 11.3. The summed E-state index contributed by atoms with van der Waals surface area (Å²) in [5.74, 6) is 0.330. The van der Waals surface area contributed by atoms with Gasteiger partial charge in [-0.2, -0.15) is 0 Å². The standard InChI is InChI=1S/C11H16N4O2/c1-12-10(17)8-3-4-9(15-14-8)13-11(7-16)5-2-6-11/h3-4,16H,2,5-7H2,1H3,(H,12,17)(H,13,15). The van der Waals surface area contributed by atoms with Crippen LogP contribution in [-0.4, -0.2) is 40.4 Å². The average molecular weight is 236 g/mol. The molecule has 1 aromatic rings. The Bertz CT molecular complexity index is 395. The molecule has 1 saturated carbocycles. The van der Waals surface area contributed by atoms with E-state index in [2.05, 4.69) is 20.8 Å². The fraction of sp³-hybridized carbons (Fsp3) is 0.545. The molecule has 2 rings (SSSR count). The molecular formula is C11H16N4O2. The predicted octanol–water partition coefficient (Wildman–Crippen LogP) is 0.163. The van der Waals surface area contributed by atoms with E-state index >= 15 is 0 Å². The Morgan fingerprint density at radius 3 is 2.65 bits per heavy atom. The third-order valence-corrected chi connectivity index (χ3v) is 3.13. The minimum atomic E-state index is -0.260. The zero-order valence-electron chi connectivity index (χ0n) is 9.73. The molecule has 0 saturated heterocycles. The van der Waals surface area contributed by atoms with Crippen LogP contribution < -0.4 is 10.6 Å². The molecule has 3 N–H and O–H groups in total. The fourth-order valence-electron chi connectivity index (χ4n) is 1.85. The number of aromatic nitrogens is 2. The summed E-state index contributed by atoms with van der Waals surface area (Å²) in [5, 5.41) is 22.7. The molecule has 17 heavy (non-hydrogen) atoms. The van der Waals surface area contributed by atoms with E-state index in [0.29, 0.717) is 5.82 Å². The van der Waals surface area contributed by atoms with Gasteiger partial charge in [-0.25, -0.2) is 0 Å². The summed E-state index contributed by atoms with van der Waals surface area (Å²) in [6.07, 6.45) is 2.97. The highest BCUT2D eigenvalue weighted by atomic mass is 16.3. The van der Waals surface area contributed by atoms with E-state index < -0.39 is 0 Å². The number of hydrogen-bond acceptors (Lipinski definition) is 5. The normalized spacial score (nSPS) is 17.1. The highest BCUT2D eigenvalue weighted by molar-refractivity contribution is 5.91. The fourth-order valence-corrected chi connectivity index (χ4v) is 1.85. The van der Waals surface area contributed by atoms with Crippen LogP contribution in [0.5, 0.6) is 0 Å². The van der Waals surface area contributed by atoms with Gasteiger partial charge in [-0.15, -0.1) is 10.2 Å². The lowest BCUT2D eigenvalue weighted by Gasteiger charge is -2.41. The molecule has 0 aliphatic heterocycles. The van der Waals surface area contributed by atoms with Gasteiger partial charge in [-0.05, 0) is 31.4 Å². The zero-order chi connectivity index (χ0) is 12.3. The number of hydrogen-bond donors (Lipinski definition) is 3. The molecule has 0 spiro atoms. The number of rotatable bonds is 4. The zero-order valence-corrected chi connectivity index (χ0v) is 9.73. The third-order valence-electron chi connectivity index (χ3n) is 3.13. The van der Waals surface area contributed by atoms with Crippen LogP contribution in [0.2, 0.25) is 0 Å². The van der Waals surface area contributed by atoms with E-state index in [0.717, 1.165) is 19.3 Å². The lowest BCUT2D eigenvalue weighted by Crippen LogP contribution is -2.48. The van der Waals surface area contributed by atoms with Gasteiger partial charge in [0.25, 0.3) is 5.91 Å². The Hall–Kier alpha value is -1.69. The van der Waals surface area contributed by atoms with E-state index in [-0.39, 0.29) is 23.7 Å². The van der Waals surface area contributed by atoms with Crippen molar-refractivity contribution in [3.05, 3.63) is 17.8 Å². The summed E-state index contributed by atoms with van der Waals surface area (Å²) >= 11 is 0. The molecule has 0 bridgehead atoms. The second-order valence-corrected chi connectivity index (χ2v) is 4.30. The van der Waals surface area contributed by atoms with Crippen molar-refractivity contribution >= 4 is 11.7 Å². The van der Waals surface area contributed by atoms with Crippen LogP contribution in [-0.2, 0) is 0 Å². The number of carbonyl (C=O) groups excluding carboxylic acids is 1. The number of carbonyl (C=O) groups is 1. The van der Waals surface area contributed by atoms with Gasteiger partial charge >= 0.3 is 0 Å². The van der Waals surface area contributed by atoms with Crippen molar-refractivity contribution < 1.29 is 9.90 Å². The molecule has 0 radical (unpaired) electrons. The van der Waals surface area contributed by atoms with Gasteiger partial charge in [0.1, 0.15) is 5.82 Å². The van der Waals surface area contributed by atoms with E-state index in [1.165, 1.54) is 0 Å². The molecule has 0 unspecified atom stereocenters. The van der Waals surface area contributed by atoms with Crippen molar-refractivity contribution in [2.24, 2.45) is 0 Å². The van der Waals surface area contributed by atoms with Gasteiger partial charge in [-0.3, -0.25) is 4.79 Å². The van der Waals surface area contributed by atoms with Crippen LogP contribution in [0.15, 0.2) is 12.1 Å². The number of amides is 1. The van der Waals surface area contributed by atoms with Crippen molar-refractivity contribution in [3.63, 3.8) is 0 Å². The first-order valence-corrected chi connectivity index (χ1v) is 5.64. The molecule has 0 atom stereocenters. The number of nitrogens with one attached hydrogen (secondary N) is 2. The van der Waals surface area contributed by atoms with E-state index in [4.69, 9.17) is 0 Å². The third kappa shape index (κ3) is 2.36. The second kappa shape index (κ2) is 4.67. The molecular weight excluding hydrogens is 220 g/mol. The first-order valence-electron chi connectivity index (χ1n) is 5.64. The summed E-state index contributed by atoms with van der Waals surface area (Å²) < 4.78 is 0. The summed E-state index contributed by atoms with van der Waals surface area (Å²) in [5.41, 5.74) is 0.0353. The predicted molar refractivity (Wildman–Crippen MR) is 62.7 cm³/mol. The number of anilines is 1. The molecule has 6 nitrogen and oxygen atoms in total. The number of nitrogens with zero attached hydrogens (tertiary/aromatic N) is 2. The van der Waals surface area contributed by atoms with Gasteiger partial charge in [0.15, 0.2) is 5.69 Å². The molecule has 1 heterocycles. The van der Waals surface area contributed by atoms with Gasteiger partial charge in [0.05, 0.1) is 12.1 Å². The summed E-state index contributed by atoms with van der Waals surface area (Å²) in [6, 6.07) is 3.31. The van der Waals surface area contributed by atoms with Crippen LogP contribution in [0.1, 0.15) is 29.8 Å². The Balaban J connectivity index is 2.05. The van der Waals surface area contributed by atoms with Crippen LogP contribution >= 0.6 is 0 Å². The lowest BCUT2D eigenvalue weighted by molar-refractivity contribution is 0.0957. The summed E-state index contributed by atoms with van der Waals surface area (Å²) in [7, 11) is 1.55. The largest absolute Gasteiger partial charge is 0.394 e. The van der Waals surface area contributed by atoms with Crippen LogP contribution in [0.25, 0.3) is 0 Å². The van der Waals surface area contributed by atoms with Crippen LogP contribution in [0, 0.1) is 0 Å². The Morgan fingerprint density at radius 1 is 1.47 bits per heavy atom. The minimum Gasteiger partial charge on any atom is -0.394 e. The van der Waals surface area contributed by atoms with Gasteiger partial charge in [0.2, 0.25) is 0 Å². The maximum Gasteiger partial charge on any atom is 0.271 e. The van der Waals surface area contributed by atoms with Crippen LogP contribution in [0.3, 0.4) is 0 Å². The van der Waals surface area contributed by atoms with Gasteiger partial charge in [-0.1, -0.05) is 0 Å². The van der Waals surface area contributed by atoms with Gasteiger partial charge < -0.3 is 15.7 Å². The lowest BCUT2D eigenvalue weighted by atomic mass is 9.77. The van der Waals surface area contributed by atoms with E-state index in [9.17, 15) is 9.90 Å². The SMILES string of the molecule is CNC(=O)c1ccc(NC2(CO)CCC2)nn1. The topological polar surface area (TPSA) is 87.1 Å². The van der Waals surface area contributed by atoms with E-state index in [1.54, 1.807) is 19.2 Å².